The summed E-state index contributed by atoms with van der Waals surface area (Å²) >= 11 is 1.85. The summed E-state index contributed by atoms with van der Waals surface area (Å²) in [5.74, 6) is 0. The molecule has 84 heavy (non-hydrogen) atoms. The van der Waals surface area contributed by atoms with E-state index in [0.29, 0.717) is 0 Å². The number of hydrogen-bond acceptors (Lipinski definition) is 4. The molecule has 0 atom stereocenters. The number of furan rings is 1. The van der Waals surface area contributed by atoms with Gasteiger partial charge in [-0.2, -0.15) is 0 Å². The van der Waals surface area contributed by atoms with Gasteiger partial charge in [0.2, 0.25) is 0 Å². The Morgan fingerprint density at radius 1 is 0.286 bits per heavy atom. The summed E-state index contributed by atoms with van der Waals surface area (Å²) in [7, 11) is 0. The van der Waals surface area contributed by atoms with Crippen LogP contribution in [0.4, 0.5) is 34.1 Å². The van der Waals surface area contributed by atoms with Gasteiger partial charge in [-0.3, -0.25) is 0 Å². The van der Waals surface area contributed by atoms with Crippen LogP contribution in [0, 0.1) is 0 Å². The smallest absolute Gasteiger partial charge is 0.137 e. The fourth-order valence-electron chi connectivity index (χ4n) is 14.7. The predicted molar refractivity (Wildman–Crippen MR) is 351 cm³/mol. The Balaban J connectivity index is 0.972. The van der Waals surface area contributed by atoms with Gasteiger partial charge < -0.3 is 14.2 Å². The topological polar surface area (TPSA) is 19.6 Å². The molecule has 17 rings (SSSR count). The van der Waals surface area contributed by atoms with Crippen LogP contribution in [0.15, 0.2) is 320 Å². The van der Waals surface area contributed by atoms with E-state index < -0.39 is 10.8 Å². The molecule has 3 nitrogen and oxygen atoms in total. The van der Waals surface area contributed by atoms with Crippen molar-refractivity contribution in [2.75, 3.05) is 9.80 Å². The standard InChI is InChI=1S/C80H52N2OS/c1-5-25-53(26-6-1)79(54-27-7-2-8-28-54)67-41-18-14-37-63(67)76-68(79)42-23-43-69(76)81(59-49-50-75-65(52-59)61-36-16-20-48-74(61)84-75)57-33-21-34-58(51-57)82(70-44-24-47-73-77(70)64-38-15-19-46-72(64)83-73)71-45-22-39-62-60-35-13-17-40-66(60)80(78(62)71,55-29-9-3-10-30-55)56-31-11-4-12-32-56/h1-52H. The molecule has 4 heteroatoms. The van der Waals surface area contributed by atoms with Crippen molar-refractivity contribution in [3.8, 4) is 22.3 Å². The van der Waals surface area contributed by atoms with Crippen LogP contribution in [-0.2, 0) is 10.8 Å². The first-order valence-corrected chi connectivity index (χ1v) is 29.7. The number of fused-ring (bicyclic) bond motifs is 12. The molecule has 2 aliphatic rings. The van der Waals surface area contributed by atoms with Crippen molar-refractivity contribution in [3.63, 3.8) is 0 Å². The lowest BCUT2D eigenvalue weighted by Crippen LogP contribution is -2.30. The summed E-state index contributed by atoms with van der Waals surface area (Å²) in [6.07, 6.45) is 0. The Morgan fingerprint density at radius 2 is 0.762 bits per heavy atom. The van der Waals surface area contributed by atoms with Crippen LogP contribution in [0.1, 0.15) is 44.5 Å². The van der Waals surface area contributed by atoms with E-state index in [1.807, 2.05) is 11.3 Å². The van der Waals surface area contributed by atoms with Crippen molar-refractivity contribution in [1.82, 2.24) is 0 Å². The van der Waals surface area contributed by atoms with Gasteiger partial charge in [0.05, 0.1) is 33.3 Å². The quantitative estimate of drug-likeness (QED) is 0.136. The van der Waals surface area contributed by atoms with E-state index in [0.717, 1.165) is 56.1 Å². The maximum absolute atomic E-state index is 6.79. The second-order valence-electron chi connectivity index (χ2n) is 22.2. The number of thiophene rings is 1. The zero-order valence-corrected chi connectivity index (χ0v) is 46.5. The van der Waals surface area contributed by atoms with Gasteiger partial charge in [0, 0.05) is 53.7 Å². The Morgan fingerprint density at radius 3 is 1.48 bits per heavy atom. The minimum atomic E-state index is -0.694. The highest BCUT2D eigenvalue weighted by Crippen LogP contribution is 2.63. The van der Waals surface area contributed by atoms with E-state index in [1.54, 1.807) is 0 Å². The van der Waals surface area contributed by atoms with Gasteiger partial charge in [0.1, 0.15) is 11.2 Å². The van der Waals surface area contributed by atoms with Crippen LogP contribution in [0.5, 0.6) is 0 Å². The molecule has 0 saturated carbocycles. The third-order valence-corrected chi connectivity index (χ3v) is 19.1. The highest BCUT2D eigenvalue weighted by molar-refractivity contribution is 7.25. The number of hydrogen-bond donors (Lipinski definition) is 0. The molecule has 0 fully saturated rings. The number of nitrogens with zero attached hydrogens (tertiary/aromatic N) is 2. The summed E-state index contributed by atoms with van der Waals surface area (Å²) < 4.78 is 9.33. The van der Waals surface area contributed by atoms with Crippen molar-refractivity contribution in [2.24, 2.45) is 0 Å². The van der Waals surface area contributed by atoms with Gasteiger partial charge in [-0.15, -0.1) is 11.3 Å². The first-order chi connectivity index (χ1) is 41.7. The van der Waals surface area contributed by atoms with Crippen LogP contribution in [-0.4, -0.2) is 0 Å². The SMILES string of the molecule is c1ccc(C2(c3ccccc3)c3ccccc3-c3c(N(c4cccc(N(c5cccc6c5C(c5ccccc5)(c5ccccc5)c5ccccc5-6)c5cccc6oc7ccccc7c56)c4)c4ccc5sc6ccccc6c5c4)cccc32)cc1. The molecule has 2 heterocycles. The Kier molecular flexibility index (Phi) is 10.9. The van der Waals surface area contributed by atoms with Crippen molar-refractivity contribution in [1.29, 1.82) is 0 Å². The molecule has 2 aliphatic carbocycles. The summed E-state index contributed by atoms with van der Waals surface area (Å²) in [6.45, 7) is 0. The third kappa shape index (κ3) is 6.92. The Hall–Kier alpha value is -10.5. The van der Waals surface area contributed by atoms with Gasteiger partial charge in [-0.1, -0.05) is 243 Å². The summed E-state index contributed by atoms with van der Waals surface area (Å²) in [5, 5.41) is 4.62. The molecule has 15 aromatic rings. The van der Waals surface area contributed by atoms with Gasteiger partial charge >= 0.3 is 0 Å². The number of para-hydroxylation sites is 1. The molecular formula is C80H52N2OS. The van der Waals surface area contributed by atoms with Crippen molar-refractivity contribution in [3.05, 3.63) is 360 Å². The van der Waals surface area contributed by atoms with Crippen molar-refractivity contribution in [2.45, 2.75) is 10.8 Å². The second kappa shape index (κ2) is 19.0. The molecule has 13 aromatic carbocycles. The largest absolute Gasteiger partial charge is 0.456 e. The zero-order valence-electron chi connectivity index (χ0n) is 45.7. The average molecular weight is 1090 g/mol. The lowest BCUT2D eigenvalue weighted by molar-refractivity contribution is 0.669. The Labute approximate surface area is 491 Å². The molecule has 0 N–H and O–H groups in total. The molecule has 0 spiro atoms. The third-order valence-electron chi connectivity index (χ3n) is 18.0. The van der Waals surface area contributed by atoms with Crippen LogP contribution >= 0.6 is 11.3 Å². The van der Waals surface area contributed by atoms with E-state index >= 15 is 0 Å². The number of anilines is 6. The van der Waals surface area contributed by atoms with Gasteiger partial charge in [0.25, 0.3) is 0 Å². The molecule has 2 aromatic heterocycles. The van der Waals surface area contributed by atoms with E-state index in [4.69, 9.17) is 4.42 Å². The van der Waals surface area contributed by atoms with E-state index in [1.165, 1.54) is 86.9 Å². The molecule has 0 saturated heterocycles. The molecular weight excluding hydrogens is 1040 g/mol. The first-order valence-electron chi connectivity index (χ1n) is 28.9. The lowest BCUT2D eigenvalue weighted by atomic mass is 9.67. The van der Waals surface area contributed by atoms with Crippen LogP contribution < -0.4 is 9.80 Å². The zero-order chi connectivity index (χ0) is 55.3. The fourth-order valence-corrected chi connectivity index (χ4v) is 15.8. The maximum atomic E-state index is 6.79. The van der Waals surface area contributed by atoms with Crippen LogP contribution in [0.25, 0.3) is 64.4 Å². The summed E-state index contributed by atoms with van der Waals surface area (Å²) in [6, 6.07) is 117. The normalized spacial score (nSPS) is 13.4. The maximum Gasteiger partial charge on any atom is 0.137 e. The molecule has 0 bridgehead atoms. The predicted octanol–water partition coefficient (Wildman–Crippen LogP) is 21.6. The monoisotopic (exact) mass is 1090 g/mol. The fraction of sp³-hybridized carbons (Fsp3) is 0.0250. The van der Waals surface area contributed by atoms with Crippen LogP contribution in [0.3, 0.4) is 0 Å². The molecule has 0 radical (unpaired) electrons. The second-order valence-corrected chi connectivity index (χ2v) is 23.3. The minimum Gasteiger partial charge on any atom is -0.456 e. The lowest BCUT2D eigenvalue weighted by Gasteiger charge is -2.38. The van der Waals surface area contributed by atoms with Crippen molar-refractivity contribution >= 4 is 87.6 Å². The van der Waals surface area contributed by atoms with Gasteiger partial charge in [-0.05, 0) is 128 Å². The highest BCUT2D eigenvalue weighted by atomic mass is 32.1. The van der Waals surface area contributed by atoms with E-state index in [2.05, 4.69) is 325 Å². The van der Waals surface area contributed by atoms with Crippen molar-refractivity contribution < 1.29 is 4.42 Å². The van der Waals surface area contributed by atoms with E-state index in [9.17, 15) is 0 Å². The van der Waals surface area contributed by atoms with Gasteiger partial charge in [-0.25, -0.2) is 0 Å². The molecule has 0 amide bonds. The van der Waals surface area contributed by atoms with Gasteiger partial charge in [0.15, 0.2) is 0 Å². The number of benzene rings is 13. The molecule has 0 unspecified atom stereocenters. The summed E-state index contributed by atoms with van der Waals surface area (Å²) in [4.78, 5) is 5.07. The van der Waals surface area contributed by atoms with E-state index in [-0.39, 0.29) is 0 Å². The minimum absolute atomic E-state index is 0.594. The van der Waals surface area contributed by atoms with Crippen LogP contribution in [0.2, 0.25) is 0 Å². The molecule has 394 valence electrons. The Bertz CT molecular complexity index is 4970. The first kappa shape index (κ1) is 48.2. The summed E-state index contributed by atoms with van der Waals surface area (Å²) in [5.41, 5.74) is 21.4. The highest BCUT2D eigenvalue weighted by Gasteiger charge is 2.50. The number of rotatable bonds is 10. The molecule has 0 aliphatic heterocycles. The average Bonchev–Trinajstić information content (AvgIpc) is 1.69.